The molecule has 3 N–H and O–H groups in total. The van der Waals surface area contributed by atoms with Crippen LogP contribution < -0.4 is 10.5 Å². The van der Waals surface area contributed by atoms with Gasteiger partial charge in [-0.15, -0.1) is 13.2 Å². The highest BCUT2D eigenvalue weighted by Gasteiger charge is 2.35. The van der Waals surface area contributed by atoms with Crippen LogP contribution in [-0.4, -0.2) is 22.4 Å². The molecule has 1 heterocycles. The molecule has 17 heavy (non-hydrogen) atoms. The summed E-state index contributed by atoms with van der Waals surface area (Å²) in [6.45, 7) is -0.675. The Kier molecular flexibility index (Phi) is 3.51. The van der Waals surface area contributed by atoms with Crippen LogP contribution in [0.5, 0.6) is 5.75 Å². The summed E-state index contributed by atoms with van der Waals surface area (Å²) >= 11 is 0. The van der Waals surface area contributed by atoms with Gasteiger partial charge in [0.2, 0.25) is 5.95 Å². The van der Waals surface area contributed by atoms with Crippen molar-refractivity contribution in [2.75, 3.05) is 0 Å². The molecule has 1 aromatic rings. The maximum Gasteiger partial charge on any atom is 0.573 e. The molecule has 0 unspecified atom stereocenters. The molecule has 9 heteroatoms. The summed E-state index contributed by atoms with van der Waals surface area (Å²) in [4.78, 5) is 13.6. The predicted molar refractivity (Wildman–Crippen MR) is 45.7 cm³/mol. The molecular weight excluding hydrogens is 248 g/mol. The van der Waals surface area contributed by atoms with Crippen LogP contribution in [-0.2, 0) is 6.54 Å². The molecule has 0 fully saturated rings. The number of hydrogen-bond acceptors (Lipinski definition) is 4. The van der Waals surface area contributed by atoms with Crippen molar-refractivity contribution in [3.8, 4) is 5.75 Å². The highest BCUT2D eigenvalue weighted by Crippen LogP contribution is 2.30. The lowest BCUT2D eigenvalue weighted by atomic mass is 10.1. The number of carboxylic acids is 1. The normalized spacial score (nSPS) is 11.4. The Labute approximate surface area is 91.8 Å². The number of hydrogen-bond donors (Lipinski definition) is 2. The van der Waals surface area contributed by atoms with Gasteiger partial charge in [-0.1, -0.05) is 0 Å². The quantitative estimate of drug-likeness (QED) is 0.626. The molecule has 5 nitrogen and oxygen atoms in total. The summed E-state index contributed by atoms with van der Waals surface area (Å²) in [6, 6.07) is 0. The van der Waals surface area contributed by atoms with Crippen LogP contribution >= 0.6 is 0 Å². The number of alkyl halides is 3. The Morgan fingerprint density at radius 2 is 2.12 bits per heavy atom. The monoisotopic (exact) mass is 254 g/mol. The van der Waals surface area contributed by atoms with Gasteiger partial charge in [0, 0.05) is 12.7 Å². The van der Waals surface area contributed by atoms with Crippen LogP contribution in [0.2, 0.25) is 0 Å². The number of ether oxygens (including phenoxy) is 1. The number of halogens is 4. The SMILES string of the molecule is NCc1c(F)ncc(C(=O)O)c1OC(F)(F)F. The van der Waals surface area contributed by atoms with Crippen molar-refractivity contribution in [1.29, 1.82) is 0 Å². The summed E-state index contributed by atoms with van der Waals surface area (Å²) in [6.07, 6.45) is -4.72. The largest absolute Gasteiger partial charge is 0.573 e. The van der Waals surface area contributed by atoms with Crippen LogP contribution in [0.15, 0.2) is 6.20 Å². The number of rotatable bonds is 3. The minimum absolute atomic E-state index is 0.428. The van der Waals surface area contributed by atoms with Crippen molar-refractivity contribution in [2.24, 2.45) is 5.73 Å². The zero-order chi connectivity index (χ0) is 13.2. The number of aromatic carboxylic acids is 1. The van der Waals surface area contributed by atoms with Gasteiger partial charge in [-0.3, -0.25) is 0 Å². The summed E-state index contributed by atoms with van der Waals surface area (Å²) in [7, 11) is 0. The summed E-state index contributed by atoms with van der Waals surface area (Å²) < 4.78 is 52.6. The van der Waals surface area contributed by atoms with Gasteiger partial charge in [-0.25, -0.2) is 9.78 Å². The lowest BCUT2D eigenvalue weighted by Crippen LogP contribution is -2.22. The van der Waals surface area contributed by atoms with E-state index in [0.29, 0.717) is 6.20 Å². The molecule has 0 bridgehead atoms. The topological polar surface area (TPSA) is 85.4 Å². The average molecular weight is 254 g/mol. The van der Waals surface area contributed by atoms with Crippen molar-refractivity contribution < 1.29 is 32.2 Å². The lowest BCUT2D eigenvalue weighted by Gasteiger charge is -2.14. The van der Waals surface area contributed by atoms with Gasteiger partial charge >= 0.3 is 12.3 Å². The van der Waals surface area contributed by atoms with Crippen LogP contribution in [0.3, 0.4) is 0 Å². The lowest BCUT2D eigenvalue weighted by molar-refractivity contribution is -0.275. The molecule has 0 aliphatic rings. The molecule has 0 aliphatic carbocycles. The molecule has 0 aromatic carbocycles. The fourth-order valence-corrected chi connectivity index (χ4v) is 1.08. The van der Waals surface area contributed by atoms with Crippen molar-refractivity contribution in [3.05, 3.63) is 23.3 Å². The Balaban J connectivity index is 3.39. The van der Waals surface area contributed by atoms with E-state index < -0.39 is 41.7 Å². The summed E-state index contributed by atoms with van der Waals surface area (Å²) in [5, 5.41) is 8.62. The third kappa shape index (κ3) is 3.03. The molecular formula is C8H6F4N2O3. The van der Waals surface area contributed by atoms with Gasteiger partial charge < -0.3 is 15.6 Å². The zero-order valence-electron chi connectivity index (χ0n) is 8.08. The van der Waals surface area contributed by atoms with E-state index in [0.717, 1.165) is 0 Å². The first-order valence-electron chi connectivity index (χ1n) is 4.12. The van der Waals surface area contributed by atoms with Crippen LogP contribution in [0.25, 0.3) is 0 Å². The first-order chi connectivity index (χ1) is 7.76. The minimum Gasteiger partial charge on any atom is -0.477 e. The Morgan fingerprint density at radius 3 is 2.53 bits per heavy atom. The van der Waals surface area contributed by atoms with E-state index in [1.807, 2.05) is 0 Å². The molecule has 94 valence electrons. The third-order valence-electron chi connectivity index (χ3n) is 1.73. The van der Waals surface area contributed by atoms with Gasteiger partial charge in [0.15, 0.2) is 5.75 Å². The second-order valence-electron chi connectivity index (χ2n) is 2.83. The molecule has 1 aromatic heterocycles. The van der Waals surface area contributed by atoms with Crippen molar-refractivity contribution in [3.63, 3.8) is 0 Å². The smallest absolute Gasteiger partial charge is 0.477 e. The van der Waals surface area contributed by atoms with Crippen molar-refractivity contribution in [2.45, 2.75) is 12.9 Å². The Morgan fingerprint density at radius 1 is 1.53 bits per heavy atom. The molecule has 0 atom stereocenters. The van der Waals surface area contributed by atoms with Gasteiger partial charge in [0.1, 0.15) is 5.56 Å². The van der Waals surface area contributed by atoms with Crippen molar-refractivity contribution in [1.82, 2.24) is 4.98 Å². The van der Waals surface area contributed by atoms with E-state index in [1.54, 1.807) is 0 Å². The summed E-state index contributed by atoms with van der Waals surface area (Å²) in [5.74, 6) is -4.22. The molecule has 0 radical (unpaired) electrons. The van der Waals surface area contributed by atoms with E-state index in [-0.39, 0.29) is 0 Å². The first kappa shape index (κ1) is 13.2. The maximum atomic E-state index is 13.0. The fourth-order valence-electron chi connectivity index (χ4n) is 1.08. The van der Waals surface area contributed by atoms with Gasteiger partial charge in [0.25, 0.3) is 0 Å². The number of nitrogens with zero attached hydrogens (tertiary/aromatic N) is 1. The molecule has 0 aliphatic heterocycles. The molecule has 1 rings (SSSR count). The van der Waals surface area contributed by atoms with Gasteiger partial charge in [0.05, 0.1) is 5.56 Å². The van der Waals surface area contributed by atoms with E-state index in [4.69, 9.17) is 10.8 Å². The highest BCUT2D eigenvalue weighted by molar-refractivity contribution is 5.91. The third-order valence-corrected chi connectivity index (χ3v) is 1.73. The number of carboxylic acid groups (broad SMARTS) is 1. The summed E-state index contributed by atoms with van der Waals surface area (Å²) in [5.41, 5.74) is 3.36. The van der Waals surface area contributed by atoms with E-state index in [2.05, 4.69) is 9.72 Å². The van der Waals surface area contributed by atoms with Gasteiger partial charge in [-0.2, -0.15) is 4.39 Å². The number of pyridine rings is 1. The molecule has 0 saturated carbocycles. The number of nitrogens with two attached hydrogens (primary N) is 1. The Bertz CT molecular complexity index is 447. The highest BCUT2D eigenvalue weighted by atomic mass is 19.4. The van der Waals surface area contributed by atoms with Crippen LogP contribution in [0.4, 0.5) is 17.6 Å². The second-order valence-corrected chi connectivity index (χ2v) is 2.83. The van der Waals surface area contributed by atoms with Crippen LogP contribution in [0.1, 0.15) is 15.9 Å². The van der Waals surface area contributed by atoms with E-state index in [1.165, 1.54) is 0 Å². The van der Waals surface area contributed by atoms with E-state index >= 15 is 0 Å². The fraction of sp³-hybridized carbons (Fsp3) is 0.250. The maximum absolute atomic E-state index is 13.0. The van der Waals surface area contributed by atoms with Crippen molar-refractivity contribution >= 4 is 5.97 Å². The number of carbonyl (C=O) groups is 1. The molecule has 0 saturated heterocycles. The zero-order valence-corrected chi connectivity index (χ0v) is 8.08. The second kappa shape index (κ2) is 4.53. The van der Waals surface area contributed by atoms with E-state index in [9.17, 15) is 22.4 Å². The minimum atomic E-state index is -5.15. The number of aromatic nitrogens is 1. The first-order valence-corrected chi connectivity index (χ1v) is 4.12. The van der Waals surface area contributed by atoms with Gasteiger partial charge in [-0.05, 0) is 0 Å². The standard InChI is InChI=1S/C8H6F4N2O3/c9-6-3(1-13)5(17-8(10,11)12)4(2-14-6)7(15)16/h2H,1,13H2,(H,15,16). The Hall–Kier alpha value is -1.90. The average Bonchev–Trinajstić information content (AvgIpc) is 2.15. The van der Waals surface area contributed by atoms with Crippen LogP contribution in [0, 0.1) is 5.95 Å². The molecule has 0 amide bonds. The predicted octanol–water partition coefficient (Wildman–Crippen LogP) is 1.28. The molecule has 0 spiro atoms.